The van der Waals surface area contributed by atoms with Crippen molar-refractivity contribution in [3.8, 4) is 11.3 Å². The van der Waals surface area contributed by atoms with Crippen LogP contribution in [-0.2, 0) is 4.79 Å². The third-order valence-electron chi connectivity index (χ3n) is 8.18. The number of rotatable bonds is 7. The van der Waals surface area contributed by atoms with E-state index in [-0.39, 0.29) is 32.2 Å². The minimum atomic E-state index is -4.52. The number of nitrogens with zero attached hydrogens (tertiary/aromatic N) is 7. The second kappa shape index (κ2) is 11.8. The van der Waals surface area contributed by atoms with Crippen molar-refractivity contribution in [1.29, 1.82) is 0 Å². The molecule has 0 spiro atoms. The van der Waals surface area contributed by atoms with E-state index in [1.165, 1.54) is 11.2 Å². The molecule has 4 aromatic rings. The zero-order valence-corrected chi connectivity index (χ0v) is 24.0. The number of pyridine rings is 1. The monoisotopic (exact) mass is 633 g/mol. The summed E-state index contributed by atoms with van der Waals surface area (Å²) in [7, 11) is 0. The Hall–Kier alpha value is -4.47. The van der Waals surface area contributed by atoms with Crippen molar-refractivity contribution >= 4 is 34.5 Å². The van der Waals surface area contributed by atoms with Crippen LogP contribution in [0, 0.1) is 5.92 Å². The molecule has 5 heterocycles. The van der Waals surface area contributed by atoms with E-state index in [1.807, 2.05) is 37.3 Å². The molecule has 0 aliphatic carbocycles. The summed E-state index contributed by atoms with van der Waals surface area (Å²) in [5.74, 6) is -0.851. The van der Waals surface area contributed by atoms with E-state index in [4.69, 9.17) is 0 Å². The van der Waals surface area contributed by atoms with Gasteiger partial charge in [0.25, 0.3) is 0 Å². The van der Waals surface area contributed by atoms with Crippen LogP contribution in [0.1, 0.15) is 24.9 Å². The summed E-state index contributed by atoms with van der Waals surface area (Å²) >= 11 is 0. The smallest absolute Gasteiger partial charge is 0.355 e. The van der Waals surface area contributed by atoms with E-state index in [0.717, 1.165) is 11.1 Å². The number of carbonyl (C=O) groups excluding carboxylic acids is 1. The first-order valence-corrected chi connectivity index (χ1v) is 14.3. The lowest BCUT2D eigenvalue weighted by Gasteiger charge is -2.40. The lowest BCUT2D eigenvalue weighted by Crippen LogP contribution is -2.53. The van der Waals surface area contributed by atoms with Gasteiger partial charge in [0.15, 0.2) is 0 Å². The van der Waals surface area contributed by atoms with Gasteiger partial charge in [0.05, 0.1) is 22.6 Å². The first-order valence-electron chi connectivity index (χ1n) is 14.3. The molecule has 1 amide bonds. The Kier molecular flexibility index (Phi) is 8.01. The predicted octanol–water partition coefficient (Wildman–Crippen LogP) is 5.31. The highest BCUT2D eigenvalue weighted by atomic mass is 19.4. The minimum absolute atomic E-state index is 0.0694. The highest BCUT2D eigenvalue weighted by molar-refractivity contribution is 5.83. The number of fused-ring (bicyclic) bond motifs is 1. The van der Waals surface area contributed by atoms with Crippen molar-refractivity contribution in [3.05, 3.63) is 54.5 Å². The molecule has 1 aromatic carbocycles. The van der Waals surface area contributed by atoms with E-state index >= 15 is 0 Å². The van der Waals surface area contributed by atoms with Crippen LogP contribution in [0.5, 0.6) is 0 Å². The molecule has 16 heteroatoms. The molecule has 3 aromatic heterocycles. The van der Waals surface area contributed by atoms with Gasteiger partial charge in [-0.2, -0.15) is 26.3 Å². The maximum absolute atomic E-state index is 12.9. The maximum Gasteiger partial charge on any atom is 0.397 e. The molecule has 6 rings (SSSR count). The number of nitrogens with one attached hydrogen (secondary N) is 2. The average molecular weight is 634 g/mol. The fourth-order valence-electron chi connectivity index (χ4n) is 5.53. The number of piperazine rings is 1. The topological polar surface area (TPSA) is 106 Å². The van der Waals surface area contributed by atoms with E-state index in [9.17, 15) is 31.1 Å². The van der Waals surface area contributed by atoms with Crippen LogP contribution in [0.15, 0.2) is 48.9 Å². The number of amides is 1. The lowest BCUT2D eigenvalue weighted by molar-refractivity contribution is -0.180. The molecule has 10 nitrogen and oxygen atoms in total. The van der Waals surface area contributed by atoms with Crippen molar-refractivity contribution in [2.75, 3.05) is 49.5 Å². The van der Waals surface area contributed by atoms with E-state index in [1.54, 1.807) is 17.2 Å². The molecule has 238 valence electrons. The number of imidazole rings is 1. The van der Waals surface area contributed by atoms with Crippen LogP contribution in [0.4, 0.5) is 43.9 Å². The summed E-state index contributed by atoms with van der Waals surface area (Å²) in [6, 6.07) is 10.8. The van der Waals surface area contributed by atoms with Gasteiger partial charge in [-0.1, -0.05) is 6.07 Å². The number of aromatic nitrogens is 5. The molecule has 2 aliphatic heterocycles. The molecule has 0 saturated carbocycles. The number of benzene rings is 1. The van der Waals surface area contributed by atoms with Crippen molar-refractivity contribution in [3.63, 3.8) is 0 Å². The third kappa shape index (κ3) is 6.95. The van der Waals surface area contributed by atoms with Crippen molar-refractivity contribution in [1.82, 2.24) is 34.7 Å². The van der Waals surface area contributed by atoms with Crippen molar-refractivity contribution in [2.24, 2.45) is 5.92 Å². The van der Waals surface area contributed by atoms with Gasteiger partial charge < -0.3 is 20.1 Å². The molecule has 0 radical (unpaired) electrons. The Balaban J connectivity index is 1.10. The van der Waals surface area contributed by atoms with Gasteiger partial charge in [-0.25, -0.2) is 19.9 Å². The van der Waals surface area contributed by atoms with Gasteiger partial charge in [-0.15, -0.1) is 0 Å². The molecule has 2 N–H and O–H groups in total. The Labute approximate surface area is 253 Å². The average Bonchev–Trinajstić information content (AvgIpc) is 3.36. The van der Waals surface area contributed by atoms with Crippen molar-refractivity contribution in [2.45, 2.75) is 31.7 Å². The fraction of sp³-hybridized carbons (Fsp3) is 0.414. The van der Waals surface area contributed by atoms with Gasteiger partial charge in [-0.3, -0.25) is 9.69 Å². The van der Waals surface area contributed by atoms with Crippen LogP contribution in [0.3, 0.4) is 0 Å². The third-order valence-corrected chi connectivity index (χ3v) is 8.18. The minimum Gasteiger partial charge on any atom is -0.355 e. The number of hydrogen-bond acceptors (Lipinski definition) is 8. The first-order chi connectivity index (χ1) is 21.3. The highest BCUT2D eigenvalue weighted by Gasteiger charge is 2.47. The molecule has 2 fully saturated rings. The standard InChI is InChI=1S/C29H29F6N9O/c1-17(42-6-8-43(9-7-42)26(45)13-28(30,31)32)18-4-5-36-24(11-18)41-27-39-21-3-2-19(10-23(21)40-27)22-12-25(38-16-37-22)44-14-20(15-44)29(33,34)35/h2-5,10-12,16-17,20H,6-9,13-15H2,1H3,(H2,36,39,40,41). The molecule has 1 atom stereocenters. The Morgan fingerprint density at radius 3 is 2.47 bits per heavy atom. The van der Waals surface area contributed by atoms with Crippen LogP contribution >= 0.6 is 0 Å². The molecular weight excluding hydrogens is 604 g/mol. The molecule has 45 heavy (non-hydrogen) atoms. The predicted molar refractivity (Wildman–Crippen MR) is 154 cm³/mol. The molecule has 1 unspecified atom stereocenters. The summed E-state index contributed by atoms with van der Waals surface area (Å²) in [6.45, 7) is 3.07. The number of carbonyl (C=O) groups is 1. The van der Waals surface area contributed by atoms with Crippen molar-refractivity contribution < 1.29 is 31.1 Å². The Morgan fingerprint density at radius 2 is 1.76 bits per heavy atom. The Morgan fingerprint density at radius 1 is 1.00 bits per heavy atom. The highest BCUT2D eigenvalue weighted by Crippen LogP contribution is 2.36. The summed E-state index contributed by atoms with van der Waals surface area (Å²) in [4.78, 5) is 37.5. The summed E-state index contributed by atoms with van der Waals surface area (Å²) in [6.07, 6.45) is -7.20. The van der Waals surface area contributed by atoms with Crippen LogP contribution < -0.4 is 10.2 Å². The SMILES string of the molecule is CC(c1ccnc(Nc2nc3ccc(-c4cc(N5CC(C(F)(F)F)C5)ncn4)cc3[nH]2)c1)N1CCN(C(=O)CC(F)(F)F)CC1. The van der Waals surface area contributed by atoms with Crippen LogP contribution in [-0.4, -0.2) is 92.2 Å². The Bertz CT molecular complexity index is 1680. The zero-order valence-electron chi connectivity index (χ0n) is 24.0. The first kappa shape index (κ1) is 30.6. The largest absolute Gasteiger partial charge is 0.397 e. The van der Waals surface area contributed by atoms with Gasteiger partial charge in [0.1, 0.15) is 24.4 Å². The molecular formula is C29H29F6N9O. The maximum atomic E-state index is 12.9. The second-order valence-corrected chi connectivity index (χ2v) is 11.2. The molecule has 2 saturated heterocycles. The number of hydrogen-bond donors (Lipinski definition) is 2. The van der Waals surface area contributed by atoms with Crippen LogP contribution in [0.25, 0.3) is 22.3 Å². The lowest BCUT2D eigenvalue weighted by atomic mass is 9.99. The van der Waals surface area contributed by atoms with E-state index in [0.29, 0.717) is 47.4 Å². The van der Waals surface area contributed by atoms with Gasteiger partial charge in [0.2, 0.25) is 11.9 Å². The van der Waals surface area contributed by atoms with Gasteiger partial charge >= 0.3 is 12.4 Å². The second-order valence-electron chi connectivity index (χ2n) is 11.2. The number of alkyl halides is 6. The van der Waals surface area contributed by atoms with E-state index < -0.39 is 30.6 Å². The molecule has 0 bridgehead atoms. The number of halogens is 6. The normalized spacial score (nSPS) is 17.4. The van der Waals surface area contributed by atoms with E-state index in [2.05, 4.69) is 35.1 Å². The number of H-pyrrole nitrogens is 1. The van der Waals surface area contributed by atoms with Gasteiger partial charge in [-0.05, 0) is 36.8 Å². The van der Waals surface area contributed by atoms with Gasteiger partial charge in [0, 0.05) is 63.1 Å². The summed E-state index contributed by atoms with van der Waals surface area (Å²) in [5, 5.41) is 3.17. The number of anilines is 3. The zero-order chi connectivity index (χ0) is 31.9. The summed E-state index contributed by atoms with van der Waals surface area (Å²) in [5.41, 5.74) is 3.62. The fourth-order valence-corrected chi connectivity index (χ4v) is 5.53. The summed E-state index contributed by atoms with van der Waals surface area (Å²) < 4.78 is 76.6. The quantitative estimate of drug-likeness (QED) is 0.264. The van der Waals surface area contributed by atoms with Crippen LogP contribution in [0.2, 0.25) is 0 Å². The molecule has 2 aliphatic rings. The number of aromatic amines is 1.